The Kier molecular flexibility index (Phi) is 4.81. The standard InChI is InChI=1S/C21H22BrN3O/c1-2-3-12-24-19-11-7-5-9-17(19)23-21(24)15-13-20(26)25(14-15)18-10-6-4-8-16(18)22/h4-11,15H,2-3,12-14H2,1H3/t15-/m1/s1. The van der Waals surface area contributed by atoms with Gasteiger partial charge in [-0.3, -0.25) is 4.79 Å². The van der Waals surface area contributed by atoms with Crippen molar-refractivity contribution in [3.05, 3.63) is 58.8 Å². The van der Waals surface area contributed by atoms with E-state index in [-0.39, 0.29) is 11.8 Å². The maximum absolute atomic E-state index is 12.7. The Hall–Kier alpha value is -2.14. The van der Waals surface area contributed by atoms with Gasteiger partial charge in [-0.1, -0.05) is 37.6 Å². The fourth-order valence-electron chi connectivity index (χ4n) is 3.74. The zero-order valence-electron chi connectivity index (χ0n) is 14.9. The predicted octanol–water partition coefficient (Wildman–Crippen LogP) is 5.12. The van der Waals surface area contributed by atoms with E-state index in [1.165, 1.54) is 5.52 Å². The third kappa shape index (κ3) is 3.05. The van der Waals surface area contributed by atoms with Crippen molar-refractivity contribution in [1.82, 2.24) is 9.55 Å². The minimum atomic E-state index is 0.124. The van der Waals surface area contributed by atoms with Gasteiger partial charge in [-0.25, -0.2) is 4.98 Å². The van der Waals surface area contributed by atoms with Crippen molar-refractivity contribution >= 4 is 38.6 Å². The highest BCUT2D eigenvalue weighted by atomic mass is 79.9. The number of para-hydroxylation sites is 3. The van der Waals surface area contributed by atoms with Gasteiger partial charge in [0, 0.05) is 29.9 Å². The molecule has 1 aromatic heterocycles. The molecule has 4 rings (SSSR count). The first-order valence-corrected chi connectivity index (χ1v) is 9.98. The van der Waals surface area contributed by atoms with Gasteiger partial charge in [-0.15, -0.1) is 0 Å². The lowest BCUT2D eigenvalue weighted by Crippen LogP contribution is -2.25. The minimum Gasteiger partial charge on any atom is -0.328 e. The molecule has 0 radical (unpaired) electrons. The van der Waals surface area contributed by atoms with Gasteiger partial charge in [0.1, 0.15) is 5.82 Å². The second-order valence-electron chi connectivity index (χ2n) is 6.82. The van der Waals surface area contributed by atoms with E-state index in [0.29, 0.717) is 13.0 Å². The van der Waals surface area contributed by atoms with Crippen LogP contribution in [0.4, 0.5) is 5.69 Å². The number of hydrogen-bond acceptors (Lipinski definition) is 2. The van der Waals surface area contributed by atoms with Crippen LogP contribution in [0.5, 0.6) is 0 Å². The van der Waals surface area contributed by atoms with Gasteiger partial charge in [0.2, 0.25) is 5.91 Å². The smallest absolute Gasteiger partial charge is 0.227 e. The number of imidazole rings is 1. The number of unbranched alkanes of at least 4 members (excludes halogenated alkanes) is 1. The number of aryl methyl sites for hydroxylation is 1. The van der Waals surface area contributed by atoms with E-state index in [1.807, 2.05) is 35.2 Å². The minimum absolute atomic E-state index is 0.124. The van der Waals surface area contributed by atoms with Crippen LogP contribution < -0.4 is 4.90 Å². The Morgan fingerprint density at radius 2 is 1.92 bits per heavy atom. The molecule has 3 aromatic rings. The Morgan fingerprint density at radius 1 is 1.15 bits per heavy atom. The fraction of sp³-hybridized carbons (Fsp3) is 0.333. The van der Waals surface area contributed by atoms with Gasteiger partial charge in [-0.05, 0) is 46.6 Å². The molecule has 134 valence electrons. The van der Waals surface area contributed by atoms with Gasteiger partial charge in [0.25, 0.3) is 0 Å². The lowest BCUT2D eigenvalue weighted by atomic mass is 10.1. The normalized spacial score (nSPS) is 17.4. The molecule has 1 aliphatic rings. The number of carbonyl (C=O) groups is 1. The highest BCUT2D eigenvalue weighted by Crippen LogP contribution is 2.36. The molecule has 0 unspecified atom stereocenters. The average Bonchev–Trinajstić information content (AvgIpc) is 3.21. The largest absolute Gasteiger partial charge is 0.328 e. The SMILES string of the molecule is CCCCn1c([C@@H]2CC(=O)N(c3ccccc3Br)C2)nc2ccccc21. The van der Waals surface area contributed by atoms with E-state index >= 15 is 0 Å². The van der Waals surface area contributed by atoms with Crippen LogP contribution in [0.15, 0.2) is 53.0 Å². The zero-order chi connectivity index (χ0) is 18.1. The third-order valence-electron chi connectivity index (χ3n) is 5.05. The lowest BCUT2D eigenvalue weighted by molar-refractivity contribution is -0.117. The van der Waals surface area contributed by atoms with Crippen molar-refractivity contribution in [2.24, 2.45) is 0 Å². The topological polar surface area (TPSA) is 38.1 Å². The van der Waals surface area contributed by atoms with E-state index in [4.69, 9.17) is 4.98 Å². The monoisotopic (exact) mass is 411 g/mol. The molecule has 2 aromatic carbocycles. The van der Waals surface area contributed by atoms with Crippen molar-refractivity contribution in [2.75, 3.05) is 11.4 Å². The molecule has 1 amide bonds. The van der Waals surface area contributed by atoms with E-state index in [0.717, 1.165) is 40.9 Å². The first kappa shape index (κ1) is 17.3. The van der Waals surface area contributed by atoms with E-state index in [1.54, 1.807) is 0 Å². The fourth-order valence-corrected chi connectivity index (χ4v) is 4.24. The van der Waals surface area contributed by atoms with Crippen LogP contribution in [0.2, 0.25) is 0 Å². The number of benzene rings is 2. The molecule has 5 heteroatoms. The van der Waals surface area contributed by atoms with Gasteiger partial charge in [-0.2, -0.15) is 0 Å². The second-order valence-corrected chi connectivity index (χ2v) is 7.68. The van der Waals surface area contributed by atoms with Crippen LogP contribution in [-0.2, 0) is 11.3 Å². The number of aromatic nitrogens is 2. The Bertz CT molecular complexity index is 949. The maximum Gasteiger partial charge on any atom is 0.227 e. The van der Waals surface area contributed by atoms with Gasteiger partial charge >= 0.3 is 0 Å². The number of fused-ring (bicyclic) bond motifs is 1. The summed E-state index contributed by atoms with van der Waals surface area (Å²) in [6.45, 7) is 3.83. The molecule has 1 aliphatic heterocycles. The molecule has 0 aliphatic carbocycles. The summed E-state index contributed by atoms with van der Waals surface area (Å²) < 4.78 is 3.27. The molecule has 0 bridgehead atoms. The van der Waals surface area contributed by atoms with Gasteiger partial charge in [0.15, 0.2) is 0 Å². The summed E-state index contributed by atoms with van der Waals surface area (Å²) in [6, 6.07) is 16.2. The molecular formula is C21H22BrN3O. The van der Waals surface area contributed by atoms with E-state index < -0.39 is 0 Å². The van der Waals surface area contributed by atoms with Crippen LogP contribution in [-0.4, -0.2) is 22.0 Å². The summed E-state index contributed by atoms with van der Waals surface area (Å²) >= 11 is 3.57. The van der Waals surface area contributed by atoms with Crippen molar-refractivity contribution in [3.8, 4) is 0 Å². The molecule has 1 saturated heterocycles. The molecule has 0 spiro atoms. The number of anilines is 1. The highest BCUT2D eigenvalue weighted by Gasteiger charge is 2.35. The van der Waals surface area contributed by atoms with E-state index in [2.05, 4.69) is 45.6 Å². The summed E-state index contributed by atoms with van der Waals surface area (Å²) in [7, 11) is 0. The molecule has 0 N–H and O–H groups in total. The summed E-state index contributed by atoms with van der Waals surface area (Å²) in [6.07, 6.45) is 2.76. The molecule has 1 atom stereocenters. The highest BCUT2D eigenvalue weighted by molar-refractivity contribution is 9.10. The number of amides is 1. The van der Waals surface area contributed by atoms with Crippen LogP contribution in [0.1, 0.15) is 37.9 Å². The molecule has 0 saturated carbocycles. The molecule has 26 heavy (non-hydrogen) atoms. The summed E-state index contributed by atoms with van der Waals surface area (Å²) in [5.74, 6) is 1.33. The van der Waals surface area contributed by atoms with E-state index in [9.17, 15) is 4.79 Å². The Morgan fingerprint density at radius 3 is 2.73 bits per heavy atom. The number of carbonyl (C=O) groups excluding carboxylic acids is 1. The summed E-state index contributed by atoms with van der Waals surface area (Å²) in [4.78, 5) is 19.5. The molecular weight excluding hydrogens is 390 g/mol. The van der Waals surface area contributed by atoms with Crippen LogP contribution in [0, 0.1) is 0 Å². The number of nitrogens with zero attached hydrogens (tertiary/aromatic N) is 3. The number of halogens is 1. The lowest BCUT2D eigenvalue weighted by Gasteiger charge is -2.18. The van der Waals surface area contributed by atoms with Crippen LogP contribution >= 0.6 is 15.9 Å². The molecule has 4 nitrogen and oxygen atoms in total. The average molecular weight is 412 g/mol. The summed E-state index contributed by atoms with van der Waals surface area (Å²) in [5.41, 5.74) is 3.13. The van der Waals surface area contributed by atoms with Crippen LogP contribution in [0.3, 0.4) is 0 Å². The number of hydrogen-bond donors (Lipinski definition) is 0. The predicted molar refractivity (Wildman–Crippen MR) is 108 cm³/mol. The van der Waals surface area contributed by atoms with Crippen LogP contribution in [0.25, 0.3) is 11.0 Å². The quantitative estimate of drug-likeness (QED) is 0.584. The van der Waals surface area contributed by atoms with Gasteiger partial charge in [0.05, 0.1) is 16.7 Å². The third-order valence-corrected chi connectivity index (χ3v) is 5.72. The van der Waals surface area contributed by atoms with Crippen molar-refractivity contribution in [3.63, 3.8) is 0 Å². The first-order valence-electron chi connectivity index (χ1n) is 9.19. The van der Waals surface area contributed by atoms with Gasteiger partial charge < -0.3 is 9.47 Å². The van der Waals surface area contributed by atoms with Crippen molar-refractivity contribution in [1.29, 1.82) is 0 Å². The second kappa shape index (κ2) is 7.23. The zero-order valence-corrected chi connectivity index (χ0v) is 16.4. The van der Waals surface area contributed by atoms with Crippen molar-refractivity contribution < 1.29 is 4.79 Å². The first-order chi connectivity index (χ1) is 12.7. The molecule has 1 fully saturated rings. The summed E-state index contributed by atoms with van der Waals surface area (Å²) in [5, 5.41) is 0. The number of rotatable bonds is 5. The van der Waals surface area contributed by atoms with Crippen molar-refractivity contribution in [2.45, 2.75) is 38.6 Å². The maximum atomic E-state index is 12.7. The Balaban J connectivity index is 1.70. The molecule has 2 heterocycles. The Labute approximate surface area is 162 Å².